The predicted octanol–water partition coefficient (Wildman–Crippen LogP) is 3.61. The van der Waals surface area contributed by atoms with Gasteiger partial charge >= 0.3 is 0 Å². The molecule has 0 radical (unpaired) electrons. The van der Waals surface area contributed by atoms with Gasteiger partial charge in [-0.25, -0.2) is 0 Å². The standard InChI is InChI=1S/C13H18BrN/c1-11-5-3-4-6-12(11)15(2)10-13(9-14)7-8-13/h3-6H,7-10H2,1-2H3. The van der Waals surface area contributed by atoms with Crippen LogP contribution in [0.25, 0.3) is 0 Å². The Labute approximate surface area is 101 Å². The molecule has 0 atom stereocenters. The molecule has 2 rings (SSSR count). The highest BCUT2D eigenvalue weighted by molar-refractivity contribution is 9.09. The van der Waals surface area contributed by atoms with Crippen molar-refractivity contribution < 1.29 is 0 Å². The molecular weight excluding hydrogens is 250 g/mol. The van der Waals surface area contributed by atoms with Gasteiger partial charge in [0.25, 0.3) is 0 Å². The molecule has 1 aromatic carbocycles. The molecule has 2 heteroatoms. The van der Waals surface area contributed by atoms with Crippen molar-refractivity contribution in [1.29, 1.82) is 0 Å². The van der Waals surface area contributed by atoms with Crippen molar-refractivity contribution in [2.75, 3.05) is 23.8 Å². The van der Waals surface area contributed by atoms with Crippen LogP contribution in [0.2, 0.25) is 0 Å². The fourth-order valence-corrected chi connectivity index (χ4v) is 2.83. The molecule has 1 aliphatic carbocycles. The van der Waals surface area contributed by atoms with Gasteiger partial charge in [0.1, 0.15) is 0 Å². The van der Waals surface area contributed by atoms with Crippen LogP contribution >= 0.6 is 15.9 Å². The quantitative estimate of drug-likeness (QED) is 0.754. The molecule has 0 heterocycles. The third-order valence-corrected chi connectivity index (χ3v) is 4.53. The lowest BCUT2D eigenvalue weighted by Gasteiger charge is -2.25. The average Bonchev–Trinajstić information content (AvgIpc) is 2.99. The molecule has 1 nitrogen and oxygen atoms in total. The van der Waals surface area contributed by atoms with Crippen LogP contribution in [0.5, 0.6) is 0 Å². The van der Waals surface area contributed by atoms with Gasteiger partial charge in [0.15, 0.2) is 0 Å². The van der Waals surface area contributed by atoms with Crippen molar-refractivity contribution in [1.82, 2.24) is 0 Å². The van der Waals surface area contributed by atoms with Gasteiger partial charge in [-0.05, 0) is 36.8 Å². The molecule has 1 saturated carbocycles. The minimum atomic E-state index is 0.553. The SMILES string of the molecule is Cc1ccccc1N(C)CC1(CBr)CC1. The normalized spacial score (nSPS) is 17.5. The molecular formula is C13H18BrN. The molecule has 0 bridgehead atoms. The summed E-state index contributed by atoms with van der Waals surface area (Å²) in [5.74, 6) is 0. The van der Waals surface area contributed by atoms with Crippen LogP contribution in [0.1, 0.15) is 18.4 Å². The fraction of sp³-hybridized carbons (Fsp3) is 0.538. The zero-order valence-electron chi connectivity index (χ0n) is 9.46. The van der Waals surface area contributed by atoms with Gasteiger partial charge in [-0.2, -0.15) is 0 Å². The molecule has 0 aliphatic heterocycles. The summed E-state index contributed by atoms with van der Waals surface area (Å²) >= 11 is 3.63. The molecule has 0 N–H and O–H groups in total. The van der Waals surface area contributed by atoms with Gasteiger partial charge in [0, 0.05) is 24.6 Å². The van der Waals surface area contributed by atoms with E-state index >= 15 is 0 Å². The third-order valence-electron chi connectivity index (χ3n) is 3.34. The number of halogens is 1. The van der Waals surface area contributed by atoms with Gasteiger partial charge in [-0.3, -0.25) is 0 Å². The summed E-state index contributed by atoms with van der Waals surface area (Å²) in [4.78, 5) is 2.39. The summed E-state index contributed by atoms with van der Waals surface area (Å²) in [7, 11) is 2.20. The van der Waals surface area contributed by atoms with Crippen molar-refractivity contribution in [3.8, 4) is 0 Å². The van der Waals surface area contributed by atoms with E-state index in [1.807, 2.05) is 0 Å². The molecule has 0 aromatic heterocycles. The van der Waals surface area contributed by atoms with E-state index in [0.717, 1.165) is 5.33 Å². The number of para-hydroxylation sites is 1. The summed E-state index contributed by atoms with van der Waals surface area (Å²) in [5.41, 5.74) is 3.28. The first-order valence-electron chi connectivity index (χ1n) is 5.50. The second-order valence-electron chi connectivity index (χ2n) is 4.78. The maximum Gasteiger partial charge on any atom is 0.0393 e. The van der Waals surface area contributed by atoms with E-state index < -0.39 is 0 Å². The molecule has 1 aromatic rings. The molecule has 82 valence electrons. The average molecular weight is 268 g/mol. The van der Waals surface area contributed by atoms with Gasteiger partial charge in [-0.15, -0.1) is 0 Å². The number of alkyl halides is 1. The molecule has 15 heavy (non-hydrogen) atoms. The zero-order valence-corrected chi connectivity index (χ0v) is 11.0. The largest absolute Gasteiger partial charge is 0.374 e. The van der Waals surface area contributed by atoms with E-state index in [4.69, 9.17) is 0 Å². The molecule has 0 spiro atoms. The van der Waals surface area contributed by atoms with E-state index in [9.17, 15) is 0 Å². The molecule has 1 aliphatic rings. The van der Waals surface area contributed by atoms with Crippen LogP contribution in [0.4, 0.5) is 5.69 Å². The lowest BCUT2D eigenvalue weighted by Crippen LogP contribution is -2.27. The molecule has 0 amide bonds. The van der Waals surface area contributed by atoms with Crippen LogP contribution in [0.3, 0.4) is 0 Å². The summed E-state index contributed by atoms with van der Waals surface area (Å²) < 4.78 is 0. The van der Waals surface area contributed by atoms with E-state index in [-0.39, 0.29) is 0 Å². The van der Waals surface area contributed by atoms with E-state index in [1.165, 1.54) is 30.6 Å². The third kappa shape index (κ3) is 2.36. The molecule has 0 unspecified atom stereocenters. The van der Waals surface area contributed by atoms with Gasteiger partial charge in [0.2, 0.25) is 0 Å². The Hall–Kier alpha value is -0.500. The first-order valence-corrected chi connectivity index (χ1v) is 6.62. The number of benzene rings is 1. The maximum atomic E-state index is 3.63. The lowest BCUT2D eigenvalue weighted by atomic mass is 10.1. The number of aryl methyl sites for hydroxylation is 1. The van der Waals surface area contributed by atoms with Crippen LogP contribution in [0, 0.1) is 12.3 Å². The van der Waals surface area contributed by atoms with E-state index in [1.54, 1.807) is 0 Å². The predicted molar refractivity (Wildman–Crippen MR) is 69.9 cm³/mol. The highest BCUT2D eigenvalue weighted by Gasteiger charge is 2.42. The van der Waals surface area contributed by atoms with Crippen LogP contribution < -0.4 is 4.90 Å². The molecule has 0 saturated heterocycles. The Morgan fingerprint density at radius 3 is 2.53 bits per heavy atom. The Morgan fingerprint density at radius 1 is 1.33 bits per heavy atom. The Kier molecular flexibility index (Phi) is 3.06. The van der Waals surface area contributed by atoms with Crippen molar-refractivity contribution in [2.24, 2.45) is 5.41 Å². The van der Waals surface area contributed by atoms with Crippen molar-refractivity contribution in [3.63, 3.8) is 0 Å². The van der Waals surface area contributed by atoms with E-state index in [0.29, 0.717) is 5.41 Å². The second kappa shape index (κ2) is 4.17. The Balaban J connectivity index is 2.08. The number of rotatable bonds is 4. The van der Waals surface area contributed by atoms with Crippen LogP contribution in [0.15, 0.2) is 24.3 Å². The summed E-state index contributed by atoms with van der Waals surface area (Å²) in [6.45, 7) is 3.35. The van der Waals surface area contributed by atoms with Crippen molar-refractivity contribution >= 4 is 21.6 Å². The minimum absolute atomic E-state index is 0.553. The smallest absolute Gasteiger partial charge is 0.0393 e. The summed E-state index contributed by atoms with van der Waals surface area (Å²) in [6.07, 6.45) is 2.74. The maximum absolute atomic E-state index is 3.63. The first kappa shape index (κ1) is 11.0. The van der Waals surface area contributed by atoms with Crippen molar-refractivity contribution in [3.05, 3.63) is 29.8 Å². The summed E-state index contributed by atoms with van der Waals surface area (Å²) in [5, 5.41) is 1.14. The lowest BCUT2D eigenvalue weighted by molar-refractivity contribution is 0.583. The number of hydrogen-bond donors (Lipinski definition) is 0. The number of anilines is 1. The van der Waals surface area contributed by atoms with Gasteiger partial charge < -0.3 is 4.90 Å². The van der Waals surface area contributed by atoms with Crippen LogP contribution in [-0.2, 0) is 0 Å². The minimum Gasteiger partial charge on any atom is -0.374 e. The highest BCUT2D eigenvalue weighted by Crippen LogP contribution is 2.48. The summed E-state index contributed by atoms with van der Waals surface area (Å²) in [6, 6.07) is 8.61. The topological polar surface area (TPSA) is 3.24 Å². The first-order chi connectivity index (χ1) is 7.17. The Morgan fingerprint density at radius 2 is 2.00 bits per heavy atom. The number of hydrogen-bond acceptors (Lipinski definition) is 1. The fourth-order valence-electron chi connectivity index (χ4n) is 2.09. The van der Waals surface area contributed by atoms with Gasteiger partial charge in [-0.1, -0.05) is 34.1 Å². The second-order valence-corrected chi connectivity index (χ2v) is 5.34. The van der Waals surface area contributed by atoms with Crippen LogP contribution in [-0.4, -0.2) is 18.9 Å². The molecule has 1 fully saturated rings. The highest BCUT2D eigenvalue weighted by atomic mass is 79.9. The zero-order chi connectivity index (χ0) is 10.9. The van der Waals surface area contributed by atoms with Crippen molar-refractivity contribution in [2.45, 2.75) is 19.8 Å². The number of nitrogens with zero attached hydrogens (tertiary/aromatic N) is 1. The monoisotopic (exact) mass is 267 g/mol. The van der Waals surface area contributed by atoms with E-state index in [2.05, 4.69) is 59.1 Å². The Bertz CT molecular complexity index is 344. The van der Waals surface area contributed by atoms with Gasteiger partial charge in [0.05, 0.1) is 0 Å².